The largest absolute Gasteiger partial charge is 0.508 e. The van der Waals surface area contributed by atoms with Crippen molar-refractivity contribution < 1.29 is 117 Å². The van der Waals surface area contributed by atoms with Crippen LogP contribution in [0, 0.1) is 18.3 Å². The number of thioether (sulfide) groups is 1. The van der Waals surface area contributed by atoms with Crippen molar-refractivity contribution in [1.82, 2.24) is 87.2 Å². The molecular formula is C93H128N20O24S. The zero-order valence-electron chi connectivity index (χ0n) is 78.5. The lowest BCUT2D eigenvalue weighted by atomic mass is 9.99. The highest BCUT2D eigenvalue weighted by molar-refractivity contribution is 8.00. The van der Waals surface area contributed by atoms with E-state index in [4.69, 9.17) is 23.6 Å². The van der Waals surface area contributed by atoms with Crippen molar-refractivity contribution in [2.75, 3.05) is 58.8 Å². The standard InChI is InChI=1S/C93H128N20O24S/c1-10-13-24-71-85(128)103-64(42-78(119)120)82(125)98-55(39-76(117)99-62(20-12-3)93(136)137)48-138-49-77(118)100-66(36-52-28-30-56(114)31-29-52)88(131)108(7)51(6)80(123)104-68(41-75(96)116)90(133)112-34-19-27-72(112)86(129)107-69(43-95)84(127)105-65(35-50(4)5)91(134)113-46-57(115)40-74(113)87(130)102-63(37-53-44-97-60-23-17-15-21-58(53)60)83(126)101-61(32-33-94)81(124)106-67(89(132)110(9)73(25-14-11-2)92(135)109(71)8)38-54-45-111(47-79(121)122)70-26-18-16-22-59(54)70/h3,15-18,21-23,26,28-31,44-45,50-51,55,57,61-69,71-74,97,114-115H,10-11,13-14,19-20,24-25,27,32-43,46-49,94-95H2,1-2,4-9H3,(H2,96,116)(H,98,125)(H,99,117)(H,100,118)(H,101,126)(H,102,130)(H,103,128)(H,104,123)(H,105,127)(H,106,124)(H,107,129)(H,119,120)(H,121,122)(H,136,137)/t51-,55?,57+,61-,62-,63-,64-,65-,66-,67-,68-,69-,71-,72-,73-,74-/m0/s1. The molecular weight excluding hydrogens is 1810 g/mol. The number of aliphatic hydroxyl groups excluding tert-OH is 1. The van der Waals surface area contributed by atoms with E-state index in [1.807, 2.05) is 0 Å². The van der Waals surface area contributed by atoms with Gasteiger partial charge in [-0.25, -0.2) is 4.79 Å². The summed E-state index contributed by atoms with van der Waals surface area (Å²) in [4.78, 5) is 283. The predicted octanol–water partition coefficient (Wildman–Crippen LogP) is -2.43. The van der Waals surface area contributed by atoms with E-state index >= 15 is 33.6 Å². The molecule has 16 atom stereocenters. The summed E-state index contributed by atoms with van der Waals surface area (Å²) >= 11 is 0.732. The Labute approximate surface area is 801 Å². The fraction of sp³-hybridized carbons (Fsp3) is 0.538. The minimum Gasteiger partial charge on any atom is -0.508 e. The number of primary amides is 1. The number of H-pyrrole nitrogens is 1. The molecule has 0 aliphatic carbocycles. The number of carboxylic acids is 3. The normalized spacial score (nSPS) is 24.7. The van der Waals surface area contributed by atoms with Gasteiger partial charge in [0.1, 0.15) is 96.9 Å². The molecule has 750 valence electrons. The molecule has 2 aromatic heterocycles. The summed E-state index contributed by atoms with van der Waals surface area (Å²) in [6, 6.07) is -5.31. The quantitative estimate of drug-likeness (QED) is 0.0232. The van der Waals surface area contributed by atoms with E-state index in [9.17, 15) is 83.1 Å². The Morgan fingerprint density at radius 2 is 1.14 bits per heavy atom. The third kappa shape index (κ3) is 30.4. The number of aliphatic hydroxyl groups is 1. The van der Waals surface area contributed by atoms with E-state index in [0.717, 1.165) is 36.3 Å². The number of nitrogens with two attached hydrogens (primary N) is 3. The number of likely N-dealkylation sites (N-methyl/N-ethyl adjacent to an activating group) is 3. The second kappa shape index (κ2) is 52.0. The molecule has 45 heteroatoms. The zero-order chi connectivity index (χ0) is 102. The molecule has 5 aromatic rings. The van der Waals surface area contributed by atoms with Crippen molar-refractivity contribution in [3.63, 3.8) is 0 Å². The molecule has 5 heterocycles. The first-order chi connectivity index (χ1) is 65.5. The van der Waals surface area contributed by atoms with Crippen molar-refractivity contribution in [1.29, 1.82) is 0 Å². The summed E-state index contributed by atoms with van der Waals surface area (Å²) in [5.74, 6) is -19.9. The van der Waals surface area contributed by atoms with E-state index in [1.165, 1.54) is 63.1 Å². The highest BCUT2D eigenvalue weighted by Crippen LogP contribution is 2.29. The summed E-state index contributed by atoms with van der Waals surface area (Å²) in [5, 5.41) is 79.0. The van der Waals surface area contributed by atoms with Crippen LogP contribution < -0.4 is 70.4 Å². The number of carboxylic acid groups (broad SMARTS) is 3. The van der Waals surface area contributed by atoms with Crippen LogP contribution in [0.2, 0.25) is 0 Å². The molecule has 0 radical (unpaired) electrons. The maximum atomic E-state index is 16.0. The highest BCUT2D eigenvalue weighted by atomic mass is 32.2. The molecule has 138 heavy (non-hydrogen) atoms. The highest BCUT2D eigenvalue weighted by Gasteiger charge is 2.47. The van der Waals surface area contributed by atoms with Gasteiger partial charge in [0.25, 0.3) is 0 Å². The van der Waals surface area contributed by atoms with Gasteiger partial charge in [-0.05, 0) is 98.9 Å². The number of rotatable bonds is 28. The zero-order valence-corrected chi connectivity index (χ0v) is 79.3. The van der Waals surface area contributed by atoms with Crippen LogP contribution in [0.15, 0.2) is 85.2 Å². The molecule has 8 rings (SSSR count). The van der Waals surface area contributed by atoms with Crippen molar-refractivity contribution >= 4 is 146 Å². The number of aromatic nitrogens is 2. The Bertz CT molecular complexity index is 5290. The SMILES string of the molecule is C#CC[C@H](NC(=O)CC1CSCC(=O)N[C@@H](Cc2ccc(O)cc2)C(=O)N(C)[C@@H](C)C(=O)N[C@@H](CC(N)=O)C(=O)N2CCC[C@H]2C(=O)N[C@@H](CN)C(=O)N[C@@H](CC(C)C)C(=O)N2C[C@H](O)C[C@H]2C(=O)N[C@@H](Cc2c[nH]c3ccccc23)C(=O)N[C@@H](CCN)C(=O)N[C@@H](Cc2cn(CC(=O)O)c3ccccc23)C(=O)N(C)[C@@H](CCCC)C(=O)N(C)[C@@H](CCCC)C(=O)N[C@@H](CC(=O)O)C(=O)N1)C(=O)O. The van der Waals surface area contributed by atoms with Crippen LogP contribution in [0.4, 0.5) is 0 Å². The van der Waals surface area contributed by atoms with Gasteiger partial charge < -0.3 is 130 Å². The third-order valence-electron chi connectivity index (χ3n) is 24.4. The number of benzene rings is 3. The number of hydrogen-bond donors (Lipinski definition) is 19. The Hall–Kier alpha value is -13.7. The second-order valence-electron chi connectivity index (χ2n) is 35.3. The molecule has 44 nitrogen and oxygen atoms in total. The number of hydrogen-bond acceptors (Lipinski definition) is 24. The number of nitrogens with one attached hydrogen (secondary N) is 11. The number of aromatic hydroxyl groups is 1. The van der Waals surface area contributed by atoms with Gasteiger partial charge in [-0.1, -0.05) is 102 Å². The molecule has 3 fully saturated rings. The summed E-state index contributed by atoms with van der Waals surface area (Å²) < 4.78 is 1.41. The number of terminal acetylenes is 1. The summed E-state index contributed by atoms with van der Waals surface area (Å²) in [5.41, 5.74) is 20.3. The summed E-state index contributed by atoms with van der Waals surface area (Å²) in [6.45, 7) is 6.13. The summed E-state index contributed by atoms with van der Waals surface area (Å²) in [7, 11) is 3.69. The van der Waals surface area contributed by atoms with Crippen LogP contribution in [-0.4, -0.2) is 328 Å². The first-order valence-electron chi connectivity index (χ1n) is 45.9. The van der Waals surface area contributed by atoms with Gasteiger partial charge in [-0.3, -0.25) is 86.3 Å². The number of phenols is 1. The van der Waals surface area contributed by atoms with Crippen molar-refractivity contribution in [3.8, 4) is 18.1 Å². The first kappa shape index (κ1) is 110. The molecule has 0 saturated carbocycles. The first-order valence-corrected chi connectivity index (χ1v) is 47.0. The average molecular weight is 1940 g/mol. The maximum absolute atomic E-state index is 16.0. The van der Waals surface area contributed by atoms with Gasteiger partial charge in [-0.2, -0.15) is 0 Å². The van der Waals surface area contributed by atoms with E-state index in [0.29, 0.717) is 51.3 Å². The fourth-order valence-corrected chi connectivity index (χ4v) is 17.9. The monoisotopic (exact) mass is 1940 g/mol. The number of carbonyl (C=O) groups excluding carboxylic acids is 16. The molecule has 3 saturated heterocycles. The van der Waals surface area contributed by atoms with Gasteiger partial charge in [0.15, 0.2) is 0 Å². The van der Waals surface area contributed by atoms with E-state index in [-0.39, 0.29) is 89.0 Å². The molecule has 3 aliphatic rings. The number of aliphatic carboxylic acids is 3. The number of phenolic OH excluding ortho intramolecular Hbond substituents is 1. The van der Waals surface area contributed by atoms with Gasteiger partial charge in [0.05, 0.1) is 24.7 Å². The lowest BCUT2D eigenvalue weighted by Crippen LogP contribution is -2.62. The van der Waals surface area contributed by atoms with Gasteiger partial charge >= 0.3 is 17.9 Å². The molecule has 3 aromatic carbocycles. The van der Waals surface area contributed by atoms with Crippen LogP contribution in [0.1, 0.15) is 148 Å². The minimum atomic E-state index is -2.03. The number of nitrogens with zero attached hydrogens (tertiary/aromatic N) is 6. The average Bonchev–Trinajstić information content (AvgIpc) is 1.63. The Balaban J connectivity index is 1.22. The van der Waals surface area contributed by atoms with Crippen molar-refractivity contribution in [3.05, 3.63) is 102 Å². The van der Waals surface area contributed by atoms with E-state index in [2.05, 4.69) is 64.1 Å². The number of para-hydroxylation sites is 2. The smallest absolute Gasteiger partial charge is 0.327 e. The van der Waals surface area contributed by atoms with Crippen LogP contribution in [0.25, 0.3) is 21.8 Å². The van der Waals surface area contributed by atoms with Gasteiger partial charge in [-0.15, -0.1) is 24.1 Å². The topological polar surface area (TPSA) is 661 Å². The molecule has 22 N–H and O–H groups in total. The third-order valence-corrected chi connectivity index (χ3v) is 25.5. The lowest BCUT2D eigenvalue weighted by molar-refractivity contribution is -0.149. The van der Waals surface area contributed by atoms with Crippen molar-refractivity contribution in [2.24, 2.45) is 23.1 Å². The Morgan fingerprint density at radius 1 is 0.572 bits per heavy atom. The number of amides is 16. The summed E-state index contributed by atoms with van der Waals surface area (Å²) in [6.07, 6.45) is 3.03. The second-order valence-corrected chi connectivity index (χ2v) is 36.3. The van der Waals surface area contributed by atoms with Crippen LogP contribution in [0.3, 0.4) is 0 Å². The van der Waals surface area contributed by atoms with Crippen molar-refractivity contribution in [2.45, 2.75) is 253 Å². The number of carbonyl (C=O) groups is 19. The van der Waals surface area contributed by atoms with Crippen LogP contribution >= 0.6 is 11.8 Å². The Morgan fingerprint density at radius 3 is 1.78 bits per heavy atom. The number of aromatic amines is 1. The van der Waals surface area contributed by atoms with E-state index in [1.54, 1.807) is 82.4 Å². The fourth-order valence-electron chi connectivity index (χ4n) is 17.0. The van der Waals surface area contributed by atoms with Gasteiger partial charge in [0, 0.05) is 125 Å². The lowest BCUT2D eigenvalue weighted by Gasteiger charge is -2.36. The molecule has 0 bridgehead atoms. The molecule has 0 spiro atoms. The Kier molecular flexibility index (Phi) is 41.3. The van der Waals surface area contributed by atoms with Gasteiger partial charge in [0.2, 0.25) is 94.5 Å². The minimum absolute atomic E-state index is 0.0407. The van der Waals surface area contributed by atoms with Crippen LogP contribution in [-0.2, 0) is 117 Å². The molecule has 1 unspecified atom stereocenters. The maximum Gasteiger partial charge on any atom is 0.327 e. The van der Waals surface area contributed by atoms with Crippen LogP contribution in [0.5, 0.6) is 5.75 Å². The number of unbranched alkanes of at least 4 members (excludes halogenated alkanes) is 2. The molecule has 16 amide bonds. The van der Waals surface area contributed by atoms with E-state index < -0.39 is 279 Å². The predicted molar refractivity (Wildman–Crippen MR) is 503 cm³/mol. The number of fused-ring (bicyclic) bond motifs is 4. The molecule has 3 aliphatic heterocycles.